The summed E-state index contributed by atoms with van der Waals surface area (Å²) < 4.78 is 0. The van der Waals surface area contributed by atoms with Crippen molar-refractivity contribution in [2.75, 3.05) is 4.90 Å². The molecule has 75 heavy (non-hydrogen) atoms. The number of hydrogen-bond donors (Lipinski definition) is 0. The Balaban J connectivity index is 0.978. The summed E-state index contributed by atoms with van der Waals surface area (Å²) in [5, 5.41) is 0. The van der Waals surface area contributed by atoms with Crippen LogP contribution in [0.2, 0.25) is 0 Å². The molecule has 3 atom stereocenters. The Hall–Kier alpha value is -8.78. The third-order valence-electron chi connectivity index (χ3n) is 17.1. The maximum Gasteiger partial charge on any atom is 0.0714 e. The van der Waals surface area contributed by atoms with Crippen LogP contribution in [0.5, 0.6) is 0 Å². The number of fused-ring (bicyclic) bond motifs is 5. The summed E-state index contributed by atoms with van der Waals surface area (Å²) in [4.78, 5) is 2.51. The van der Waals surface area contributed by atoms with Crippen molar-refractivity contribution in [2.45, 2.75) is 37.0 Å². The van der Waals surface area contributed by atoms with Crippen molar-refractivity contribution in [1.82, 2.24) is 0 Å². The number of anilines is 3. The van der Waals surface area contributed by atoms with Gasteiger partial charge in [0.25, 0.3) is 0 Å². The van der Waals surface area contributed by atoms with E-state index in [1.807, 2.05) is 0 Å². The van der Waals surface area contributed by atoms with E-state index in [1.165, 1.54) is 115 Å². The van der Waals surface area contributed by atoms with E-state index >= 15 is 0 Å². The van der Waals surface area contributed by atoms with Crippen molar-refractivity contribution in [3.63, 3.8) is 0 Å². The van der Waals surface area contributed by atoms with Gasteiger partial charge in [-0.1, -0.05) is 255 Å². The summed E-state index contributed by atoms with van der Waals surface area (Å²) in [6.07, 6.45) is 5.61. The first kappa shape index (κ1) is 44.9. The summed E-state index contributed by atoms with van der Waals surface area (Å²) >= 11 is 0. The third kappa shape index (κ3) is 7.68. The van der Waals surface area contributed by atoms with Crippen LogP contribution < -0.4 is 4.90 Å². The maximum atomic E-state index is 2.51. The lowest BCUT2D eigenvalue weighted by Gasteiger charge is -2.35. The van der Waals surface area contributed by atoms with Crippen molar-refractivity contribution in [1.29, 1.82) is 0 Å². The Morgan fingerprint density at radius 1 is 0.320 bits per heavy atom. The Kier molecular flexibility index (Phi) is 11.3. The smallest absolute Gasteiger partial charge is 0.0714 e. The van der Waals surface area contributed by atoms with Crippen LogP contribution in [0, 0.1) is 11.8 Å². The second kappa shape index (κ2) is 18.9. The van der Waals surface area contributed by atoms with Crippen LogP contribution in [0.3, 0.4) is 0 Å². The predicted octanol–water partition coefficient (Wildman–Crippen LogP) is 19.8. The molecule has 358 valence electrons. The first-order valence-electron chi connectivity index (χ1n) is 27.0. The van der Waals surface area contributed by atoms with Crippen molar-refractivity contribution in [3.8, 4) is 66.8 Å². The molecular weight excluding hydrogens is 903 g/mol. The minimum absolute atomic E-state index is 0.610. The fraction of sp³-hybridized carbons (Fsp3) is 0.108. The Morgan fingerprint density at radius 2 is 0.813 bits per heavy atom. The zero-order valence-corrected chi connectivity index (χ0v) is 42.1. The van der Waals surface area contributed by atoms with Crippen LogP contribution in [0.15, 0.2) is 279 Å². The number of benzene rings is 11. The molecule has 0 N–H and O–H groups in total. The molecule has 3 aliphatic carbocycles. The largest absolute Gasteiger partial charge is 0.310 e. The monoisotopic (exact) mass is 959 g/mol. The Morgan fingerprint density at radius 3 is 1.41 bits per heavy atom. The van der Waals surface area contributed by atoms with E-state index < -0.39 is 5.41 Å². The molecule has 3 unspecified atom stereocenters. The molecule has 0 amide bonds. The maximum absolute atomic E-state index is 2.51. The normalized spacial score (nSPS) is 16.8. The summed E-state index contributed by atoms with van der Waals surface area (Å²) in [7, 11) is 0. The van der Waals surface area contributed by atoms with E-state index in [0.717, 1.165) is 40.4 Å². The standard InChI is InChI=1S/C74H57N/c1-5-20-54(21-6-1)62-28-13-14-29-64(62)65-30-15-16-31-66(65)67-32-17-18-35-72(67)75(60-44-42-53(43-45-60)52-38-40-56(41-39-52)69-49-51-36-37-57(69)48-51)61-46-47-68-71(50-61)74(58-24-9-3-10-25-58,59-26-11-4-12-27-59)70-34-19-33-63(73(68)70)55-22-7-2-8-23-55/h1-35,38-47,50-51,57,69H,36-37,48-49H2. The highest BCUT2D eigenvalue weighted by molar-refractivity contribution is 6.00. The van der Waals surface area contributed by atoms with E-state index in [4.69, 9.17) is 0 Å². The van der Waals surface area contributed by atoms with Gasteiger partial charge >= 0.3 is 0 Å². The van der Waals surface area contributed by atoms with Gasteiger partial charge in [0.05, 0.1) is 11.1 Å². The number of rotatable bonds is 11. The summed E-state index contributed by atoms with van der Waals surface area (Å²) in [5.74, 6) is 2.52. The van der Waals surface area contributed by atoms with Crippen molar-refractivity contribution < 1.29 is 0 Å². The fourth-order valence-corrected chi connectivity index (χ4v) is 13.8. The number of hydrogen-bond acceptors (Lipinski definition) is 1. The molecule has 0 radical (unpaired) electrons. The molecule has 0 aromatic heterocycles. The molecule has 14 rings (SSSR count). The summed E-state index contributed by atoms with van der Waals surface area (Å²) in [5.41, 5.74) is 23.9. The second-order valence-electron chi connectivity index (χ2n) is 21.1. The Bertz CT molecular complexity index is 3780. The highest BCUT2D eigenvalue weighted by Crippen LogP contribution is 2.60. The summed E-state index contributed by atoms with van der Waals surface area (Å²) in [6, 6.07) is 104. The van der Waals surface area contributed by atoms with Gasteiger partial charge in [0.15, 0.2) is 0 Å². The zero-order valence-electron chi connectivity index (χ0n) is 42.1. The van der Waals surface area contributed by atoms with Crippen LogP contribution in [0.1, 0.15) is 59.4 Å². The van der Waals surface area contributed by atoms with Gasteiger partial charge in [-0.25, -0.2) is 0 Å². The first-order chi connectivity index (χ1) is 37.2. The molecule has 1 nitrogen and oxygen atoms in total. The van der Waals surface area contributed by atoms with Crippen LogP contribution in [-0.4, -0.2) is 0 Å². The number of para-hydroxylation sites is 1. The molecule has 0 saturated heterocycles. The van der Waals surface area contributed by atoms with Crippen LogP contribution >= 0.6 is 0 Å². The quantitative estimate of drug-likeness (QED) is 0.125. The molecule has 11 aromatic rings. The molecule has 0 aliphatic heterocycles. The van der Waals surface area contributed by atoms with Crippen LogP contribution in [0.4, 0.5) is 17.1 Å². The number of nitrogens with zero attached hydrogens (tertiary/aromatic N) is 1. The average molecular weight is 960 g/mol. The SMILES string of the molecule is c1ccc(-c2ccccc2-c2ccccc2-c2ccccc2N(c2ccc(-c3ccc(C4CC5CCC4C5)cc3)cc2)c2ccc3c(c2)C(c2ccccc2)(c2ccccc2)c2cccc(-c4ccccc4)c2-3)cc1. The molecule has 2 bridgehead atoms. The lowest BCUT2D eigenvalue weighted by atomic mass is 9.67. The lowest BCUT2D eigenvalue weighted by molar-refractivity contribution is 0.420. The van der Waals surface area contributed by atoms with Crippen molar-refractivity contribution in [2.24, 2.45) is 11.8 Å². The summed E-state index contributed by atoms with van der Waals surface area (Å²) in [6.45, 7) is 0. The van der Waals surface area contributed by atoms with Gasteiger partial charge in [-0.2, -0.15) is 0 Å². The minimum Gasteiger partial charge on any atom is -0.310 e. The minimum atomic E-state index is -0.610. The molecule has 3 aliphatic rings. The van der Waals surface area contributed by atoms with Crippen LogP contribution in [-0.2, 0) is 5.41 Å². The van der Waals surface area contributed by atoms with Gasteiger partial charge < -0.3 is 4.90 Å². The molecule has 0 heterocycles. The van der Waals surface area contributed by atoms with Crippen LogP contribution in [0.25, 0.3) is 66.8 Å². The Labute approximate surface area is 442 Å². The average Bonchev–Trinajstić information content (AvgIpc) is 4.32. The third-order valence-corrected chi connectivity index (χ3v) is 17.1. The van der Waals surface area contributed by atoms with Gasteiger partial charge in [0.2, 0.25) is 0 Å². The fourth-order valence-electron chi connectivity index (χ4n) is 13.8. The predicted molar refractivity (Wildman–Crippen MR) is 314 cm³/mol. The van der Waals surface area contributed by atoms with Gasteiger partial charge in [-0.3, -0.25) is 0 Å². The van der Waals surface area contributed by atoms with Gasteiger partial charge in [0, 0.05) is 16.9 Å². The van der Waals surface area contributed by atoms with Crippen molar-refractivity contribution in [3.05, 3.63) is 307 Å². The van der Waals surface area contributed by atoms with E-state index in [0.29, 0.717) is 0 Å². The highest BCUT2D eigenvalue weighted by Gasteiger charge is 2.47. The van der Waals surface area contributed by atoms with Gasteiger partial charge in [0.1, 0.15) is 0 Å². The highest BCUT2D eigenvalue weighted by atomic mass is 15.1. The molecule has 11 aromatic carbocycles. The molecule has 2 saturated carbocycles. The van der Waals surface area contributed by atoms with E-state index in [9.17, 15) is 0 Å². The molecule has 0 spiro atoms. The lowest BCUT2D eigenvalue weighted by Crippen LogP contribution is -2.28. The molecular formula is C74H57N. The van der Waals surface area contributed by atoms with Crippen molar-refractivity contribution >= 4 is 17.1 Å². The van der Waals surface area contributed by atoms with Gasteiger partial charge in [-0.05, 0) is 156 Å². The van der Waals surface area contributed by atoms with Gasteiger partial charge in [-0.15, -0.1) is 0 Å². The zero-order chi connectivity index (χ0) is 49.7. The van der Waals surface area contributed by atoms with E-state index in [2.05, 4.69) is 284 Å². The van der Waals surface area contributed by atoms with E-state index in [1.54, 1.807) is 0 Å². The first-order valence-corrected chi connectivity index (χ1v) is 27.0. The van der Waals surface area contributed by atoms with E-state index in [-0.39, 0.29) is 0 Å². The molecule has 2 fully saturated rings. The molecule has 1 heteroatoms. The second-order valence-corrected chi connectivity index (χ2v) is 21.1. The topological polar surface area (TPSA) is 3.24 Å².